The van der Waals surface area contributed by atoms with Crippen molar-refractivity contribution >= 4 is 5.82 Å². The van der Waals surface area contributed by atoms with Crippen molar-refractivity contribution in [2.24, 2.45) is 0 Å². The van der Waals surface area contributed by atoms with Crippen molar-refractivity contribution in [2.45, 2.75) is 38.9 Å². The predicted molar refractivity (Wildman–Crippen MR) is 110 cm³/mol. The molecule has 4 heterocycles. The summed E-state index contributed by atoms with van der Waals surface area (Å²) in [6.07, 6.45) is 6.53. The van der Waals surface area contributed by atoms with Crippen LogP contribution < -0.4 is 11.0 Å². The number of nitrogens with one attached hydrogen (secondary N) is 1. The Morgan fingerprint density at radius 2 is 2.03 bits per heavy atom. The van der Waals surface area contributed by atoms with E-state index >= 15 is 0 Å². The molecule has 1 atom stereocenters. The Balaban J connectivity index is 1.59. The molecule has 0 radical (unpaired) electrons. The lowest BCUT2D eigenvalue weighted by molar-refractivity contribution is 0.560. The summed E-state index contributed by atoms with van der Waals surface area (Å²) in [5.41, 5.74) is 2.48. The van der Waals surface area contributed by atoms with Crippen molar-refractivity contribution in [3.63, 3.8) is 0 Å². The zero-order chi connectivity index (χ0) is 19.8. The maximum absolute atomic E-state index is 13.2. The molecule has 29 heavy (non-hydrogen) atoms. The van der Waals surface area contributed by atoms with Gasteiger partial charge in [-0.2, -0.15) is 0 Å². The third-order valence-corrected chi connectivity index (χ3v) is 5.16. The molecule has 5 rings (SSSR count). The Hall–Kier alpha value is -3.55. The fraction of sp³-hybridized carbons (Fsp3) is 0.286. The van der Waals surface area contributed by atoms with Gasteiger partial charge in [-0.25, -0.2) is 19.7 Å². The van der Waals surface area contributed by atoms with Gasteiger partial charge in [0, 0.05) is 31.5 Å². The topological polar surface area (TPSA) is 90.5 Å². The molecule has 0 unspecified atom stereocenters. The average molecular weight is 387 g/mol. The fourth-order valence-corrected chi connectivity index (χ4v) is 3.88. The molecule has 0 fully saturated rings. The van der Waals surface area contributed by atoms with Crippen molar-refractivity contribution in [1.29, 1.82) is 0 Å². The summed E-state index contributed by atoms with van der Waals surface area (Å²) in [5, 5.41) is 3.51. The van der Waals surface area contributed by atoms with Crippen LogP contribution in [-0.2, 0) is 19.5 Å². The molecule has 146 valence electrons. The van der Waals surface area contributed by atoms with Crippen LogP contribution in [0.25, 0.3) is 23.0 Å². The lowest BCUT2D eigenvalue weighted by atomic mass is 10.1. The van der Waals surface area contributed by atoms with Crippen LogP contribution in [0.3, 0.4) is 0 Å². The number of nitrogens with zero attached hydrogens (tertiary/aromatic N) is 6. The highest BCUT2D eigenvalue weighted by Crippen LogP contribution is 2.33. The lowest BCUT2D eigenvalue weighted by Gasteiger charge is -2.13. The van der Waals surface area contributed by atoms with Gasteiger partial charge >= 0.3 is 5.69 Å². The van der Waals surface area contributed by atoms with Crippen LogP contribution in [0.15, 0.2) is 53.7 Å². The Bertz CT molecular complexity index is 1170. The summed E-state index contributed by atoms with van der Waals surface area (Å²) in [7, 11) is 0. The van der Waals surface area contributed by atoms with Gasteiger partial charge in [-0.05, 0) is 18.4 Å². The highest BCUT2D eigenvalue weighted by molar-refractivity contribution is 5.73. The van der Waals surface area contributed by atoms with Crippen LogP contribution in [0.4, 0.5) is 5.82 Å². The third kappa shape index (κ3) is 3.06. The fourth-order valence-electron chi connectivity index (χ4n) is 3.88. The third-order valence-electron chi connectivity index (χ3n) is 5.16. The summed E-state index contributed by atoms with van der Waals surface area (Å²) in [6, 6.07) is 10.4. The second-order valence-corrected chi connectivity index (χ2v) is 7.23. The standard InChI is InChI=1S/C21H21N7O/c1-2-10-27-20-17(25-18(26-20)16-12-22-8-9-23-16)19-24-15(13-28(19)21(27)29)11-14-6-4-3-5-7-14/h3-9,12,15,24H,2,10-11,13H2,1H3/t15-/m1/s1. The Morgan fingerprint density at radius 3 is 2.79 bits per heavy atom. The molecular weight excluding hydrogens is 366 g/mol. The SMILES string of the molecule is CCCn1c2nc(-c3cnccn3)nc-2c2n(c1=O)C[C@@H](Cc1ccccc1)N2. The average Bonchev–Trinajstić information content (AvgIpc) is 3.37. The van der Waals surface area contributed by atoms with E-state index in [-0.39, 0.29) is 11.7 Å². The smallest absolute Gasteiger partial charge is 0.331 e. The molecule has 0 aliphatic carbocycles. The molecule has 8 heteroatoms. The van der Waals surface area contributed by atoms with Crippen molar-refractivity contribution in [1.82, 2.24) is 29.1 Å². The van der Waals surface area contributed by atoms with Gasteiger partial charge in [0.15, 0.2) is 11.6 Å². The highest BCUT2D eigenvalue weighted by atomic mass is 16.1. The zero-order valence-electron chi connectivity index (χ0n) is 16.1. The van der Waals surface area contributed by atoms with Gasteiger partial charge < -0.3 is 5.32 Å². The highest BCUT2D eigenvalue weighted by Gasteiger charge is 2.31. The first-order valence-corrected chi connectivity index (χ1v) is 9.82. The van der Waals surface area contributed by atoms with Gasteiger partial charge in [0.2, 0.25) is 0 Å². The first kappa shape index (κ1) is 17.5. The van der Waals surface area contributed by atoms with E-state index in [9.17, 15) is 4.79 Å². The number of hydrogen-bond donors (Lipinski definition) is 1. The van der Waals surface area contributed by atoms with E-state index in [0.717, 1.165) is 18.7 Å². The first-order valence-electron chi connectivity index (χ1n) is 9.82. The van der Waals surface area contributed by atoms with Crippen LogP contribution >= 0.6 is 0 Å². The molecule has 2 aromatic rings. The minimum absolute atomic E-state index is 0.0528. The van der Waals surface area contributed by atoms with Crippen LogP contribution in [-0.4, -0.2) is 35.1 Å². The first-order chi connectivity index (χ1) is 14.2. The quantitative estimate of drug-likeness (QED) is 0.566. The summed E-state index contributed by atoms with van der Waals surface area (Å²) in [4.78, 5) is 31.0. The number of benzene rings is 1. The molecule has 1 aromatic carbocycles. The number of aromatic nitrogens is 6. The van der Waals surface area contributed by atoms with Crippen molar-refractivity contribution in [3.8, 4) is 23.0 Å². The van der Waals surface area contributed by atoms with Crippen LogP contribution in [0, 0.1) is 0 Å². The van der Waals surface area contributed by atoms with E-state index in [1.54, 1.807) is 27.7 Å². The minimum Gasteiger partial charge on any atom is -0.365 e. The Morgan fingerprint density at radius 1 is 1.17 bits per heavy atom. The second-order valence-electron chi connectivity index (χ2n) is 7.23. The summed E-state index contributed by atoms with van der Waals surface area (Å²) in [5.74, 6) is 1.82. The molecular formula is C21H21N7O. The van der Waals surface area contributed by atoms with Gasteiger partial charge in [-0.15, -0.1) is 0 Å². The monoisotopic (exact) mass is 387 g/mol. The van der Waals surface area contributed by atoms with Gasteiger partial charge in [0.25, 0.3) is 0 Å². The van der Waals surface area contributed by atoms with Crippen molar-refractivity contribution in [3.05, 3.63) is 65.0 Å². The molecule has 0 saturated carbocycles. The lowest BCUT2D eigenvalue weighted by Crippen LogP contribution is -2.32. The summed E-state index contributed by atoms with van der Waals surface area (Å²) >= 11 is 0. The summed E-state index contributed by atoms with van der Waals surface area (Å²) < 4.78 is 3.51. The van der Waals surface area contributed by atoms with Gasteiger partial charge in [0.05, 0.1) is 6.20 Å². The maximum Gasteiger partial charge on any atom is 0.331 e. The van der Waals surface area contributed by atoms with Crippen LogP contribution in [0.1, 0.15) is 18.9 Å². The molecule has 3 aliphatic rings. The molecule has 0 amide bonds. The molecule has 0 saturated heterocycles. The van der Waals surface area contributed by atoms with Gasteiger partial charge in [0.1, 0.15) is 17.2 Å². The van der Waals surface area contributed by atoms with Gasteiger partial charge in [-0.3, -0.25) is 14.1 Å². The van der Waals surface area contributed by atoms with Crippen LogP contribution in [0.5, 0.6) is 0 Å². The minimum atomic E-state index is -0.0528. The number of fused-ring (bicyclic) bond motifs is 3. The number of hydrogen-bond acceptors (Lipinski definition) is 6. The van der Waals surface area contributed by atoms with Crippen molar-refractivity contribution < 1.29 is 0 Å². The number of imidazole rings is 1. The number of anilines is 1. The molecule has 0 bridgehead atoms. The Kier molecular flexibility index (Phi) is 4.31. The second kappa shape index (κ2) is 7.12. The van der Waals surface area contributed by atoms with Crippen LogP contribution in [0.2, 0.25) is 0 Å². The summed E-state index contributed by atoms with van der Waals surface area (Å²) in [6.45, 7) is 3.25. The molecule has 8 nitrogen and oxygen atoms in total. The van der Waals surface area contributed by atoms with E-state index in [4.69, 9.17) is 4.98 Å². The van der Waals surface area contributed by atoms with E-state index < -0.39 is 0 Å². The molecule has 3 aliphatic heterocycles. The Labute approximate surface area is 167 Å². The van der Waals surface area contributed by atoms with E-state index in [1.165, 1.54) is 5.56 Å². The molecule has 1 N–H and O–H groups in total. The normalized spacial score (nSPS) is 15.4. The van der Waals surface area contributed by atoms with E-state index in [1.807, 2.05) is 25.1 Å². The van der Waals surface area contributed by atoms with E-state index in [0.29, 0.717) is 36.1 Å². The molecule has 1 aromatic heterocycles. The number of rotatable bonds is 5. The zero-order valence-corrected chi connectivity index (χ0v) is 16.1. The van der Waals surface area contributed by atoms with Crippen molar-refractivity contribution in [2.75, 3.05) is 5.32 Å². The molecule has 0 spiro atoms. The maximum atomic E-state index is 13.2. The predicted octanol–water partition coefficient (Wildman–Crippen LogP) is 2.45. The van der Waals surface area contributed by atoms with E-state index in [2.05, 4.69) is 32.4 Å². The largest absolute Gasteiger partial charge is 0.365 e. The van der Waals surface area contributed by atoms with Gasteiger partial charge in [-0.1, -0.05) is 37.3 Å².